The maximum absolute atomic E-state index is 13.1. The van der Waals surface area contributed by atoms with Gasteiger partial charge in [0.1, 0.15) is 5.82 Å². The number of para-hydroxylation sites is 3. The molecule has 0 aliphatic carbocycles. The number of hydrogen-bond donors (Lipinski definition) is 0. The molecule has 7 nitrogen and oxygen atoms in total. The Labute approximate surface area is 218 Å². The molecule has 0 N–H and O–H groups in total. The number of benzene rings is 3. The predicted molar refractivity (Wildman–Crippen MR) is 142 cm³/mol. The molecule has 4 aromatic rings. The van der Waals surface area contributed by atoms with Crippen LogP contribution in [0.1, 0.15) is 42.1 Å². The molecule has 0 unspecified atom stereocenters. The number of Topliss-reactive ketones (excluding diaryl/α,β-unsaturated/α-hetero) is 1. The lowest BCUT2D eigenvalue weighted by molar-refractivity contribution is -0.387. The highest BCUT2D eigenvalue weighted by Gasteiger charge is 2.26. The number of ketones is 1. The first-order chi connectivity index (χ1) is 18.0. The van der Waals surface area contributed by atoms with Crippen LogP contribution >= 0.6 is 11.8 Å². The Hall–Kier alpha value is -3.56. The first kappa shape index (κ1) is 25.1. The van der Waals surface area contributed by atoms with Crippen LogP contribution in [0.15, 0.2) is 82.8 Å². The number of carbonyl (C=O) groups excluding carboxylic acids is 1. The number of imidazole rings is 1. The van der Waals surface area contributed by atoms with Crippen LogP contribution in [0.5, 0.6) is 0 Å². The van der Waals surface area contributed by atoms with Gasteiger partial charge in [-0.05, 0) is 80.0 Å². The van der Waals surface area contributed by atoms with Gasteiger partial charge in [-0.2, -0.15) is 0 Å². The van der Waals surface area contributed by atoms with Crippen molar-refractivity contribution in [1.82, 2.24) is 14.5 Å². The molecular formula is C28H27FN4O3S. The van der Waals surface area contributed by atoms with Crippen molar-refractivity contribution in [3.63, 3.8) is 0 Å². The number of nitrogens with zero attached hydrogens (tertiary/aromatic N) is 4. The number of likely N-dealkylation sites (tertiary alicyclic amines) is 1. The number of carbonyl (C=O) groups is 1. The summed E-state index contributed by atoms with van der Waals surface area (Å²) in [5.74, 6) is -0.301. The molecule has 2 heterocycles. The largest absolute Gasteiger partial charge is 0.315 e. The van der Waals surface area contributed by atoms with Crippen LogP contribution in [0.3, 0.4) is 0 Å². The molecule has 1 saturated heterocycles. The molecule has 37 heavy (non-hydrogen) atoms. The molecule has 9 heteroatoms. The maximum atomic E-state index is 13.1. The van der Waals surface area contributed by atoms with E-state index in [9.17, 15) is 19.3 Å². The minimum absolute atomic E-state index is 0.0384. The summed E-state index contributed by atoms with van der Waals surface area (Å²) in [5.41, 5.74) is 2.55. The highest BCUT2D eigenvalue weighted by Crippen LogP contribution is 2.39. The van der Waals surface area contributed by atoms with Gasteiger partial charge in [-0.15, -0.1) is 0 Å². The predicted octanol–water partition coefficient (Wildman–Crippen LogP) is 6.53. The van der Waals surface area contributed by atoms with Gasteiger partial charge >= 0.3 is 0 Å². The minimum Gasteiger partial charge on any atom is -0.315 e. The van der Waals surface area contributed by atoms with E-state index >= 15 is 0 Å². The van der Waals surface area contributed by atoms with Crippen molar-refractivity contribution >= 4 is 34.3 Å². The Morgan fingerprint density at radius 1 is 1.03 bits per heavy atom. The van der Waals surface area contributed by atoms with Crippen LogP contribution in [0.4, 0.5) is 10.1 Å². The van der Waals surface area contributed by atoms with Gasteiger partial charge in [0.2, 0.25) is 0 Å². The van der Waals surface area contributed by atoms with Gasteiger partial charge in [-0.25, -0.2) is 9.37 Å². The fourth-order valence-corrected chi connectivity index (χ4v) is 5.96. The smallest absolute Gasteiger partial charge is 0.283 e. The molecule has 0 amide bonds. The van der Waals surface area contributed by atoms with Crippen LogP contribution in [0.25, 0.3) is 11.0 Å². The zero-order valence-corrected chi connectivity index (χ0v) is 21.1. The Morgan fingerprint density at radius 3 is 2.49 bits per heavy atom. The number of rotatable bonds is 9. The maximum Gasteiger partial charge on any atom is 0.283 e. The van der Waals surface area contributed by atoms with E-state index in [0.29, 0.717) is 16.9 Å². The standard InChI is InChI=1S/C28H27FN4O3S/c29-21-13-11-20(12-14-21)26(34)9-5-17-31-18-15-22(16-19-31)32-24-7-2-1-6-23(24)30-28(32)37-27-10-4-3-8-25(27)33(35)36/h1-4,6-8,10-14,22H,5,9,15-19H2. The first-order valence-corrected chi connectivity index (χ1v) is 13.2. The Bertz CT molecular complexity index is 1410. The molecule has 1 aromatic heterocycles. The summed E-state index contributed by atoms with van der Waals surface area (Å²) in [6.07, 6.45) is 3.05. The SMILES string of the molecule is O=C(CCCN1CCC(n2c(Sc3ccccc3[N+](=O)[O-])nc3ccccc32)CC1)c1ccc(F)cc1. The van der Waals surface area contributed by atoms with Crippen LogP contribution < -0.4 is 0 Å². The summed E-state index contributed by atoms with van der Waals surface area (Å²) in [4.78, 5) is 31.4. The lowest BCUT2D eigenvalue weighted by Gasteiger charge is -2.33. The van der Waals surface area contributed by atoms with Crippen molar-refractivity contribution in [1.29, 1.82) is 0 Å². The number of halogens is 1. The summed E-state index contributed by atoms with van der Waals surface area (Å²) in [6.45, 7) is 2.64. The van der Waals surface area contributed by atoms with Gasteiger partial charge in [0, 0.05) is 37.2 Å². The van der Waals surface area contributed by atoms with Crippen molar-refractivity contribution in [2.24, 2.45) is 0 Å². The van der Waals surface area contributed by atoms with Crippen LogP contribution in [0.2, 0.25) is 0 Å². The molecule has 0 bridgehead atoms. The third-order valence-electron chi connectivity index (χ3n) is 6.79. The molecular weight excluding hydrogens is 491 g/mol. The molecule has 1 aliphatic heterocycles. The fraction of sp³-hybridized carbons (Fsp3) is 0.286. The number of hydrogen-bond acceptors (Lipinski definition) is 6. The number of aromatic nitrogens is 2. The van der Waals surface area contributed by atoms with Crippen molar-refractivity contribution in [2.75, 3.05) is 19.6 Å². The van der Waals surface area contributed by atoms with E-state index in [-0.39, 0.29) is 28.3 Å². The van der Waals surface area contributed by atoms with Crippen molar-refractivity contribution in [2.45, 2.75) is 41.8 Å². The van der Waals surface area contributed by atoms with E-state index < -0.39 is 0 Å². The molecule has 0 radical (unpaired) electrons. The molecule has 0 spiro atoms. The van der Waals surface area contributed by atoms with Crippen molar-refractivity contribution < 1.29 is 14.1 Å². The second-order valence-electron chi connectivity index (χ2n) is 9.19. The number of nitro groups is 1. The van der Waals surface area contributed by atoms with Gasteiger partial charge in [0.05, 0.1) is 20.9 Å². The summed E-state index contributed by atoms with van der Waals surface area (Å²) < 4.78 is 15.3. The van der Waals surface area contributed by atoms with Gasteiger partial charge < -0.3 is 9.47 Å². The van der Waals surface area contributed by atoms with Gasteiger partial charge in [-0.1, -0.05) is 24.3 Å². The minimum atomic E-state index is -0.353. The van der Waals surface area contributed by atoms with E-state index in [0.717, 1.165) is 55.1 Å². The normalized spacial score (nSPS) is 14.7. The van der Waals surface area contributed by atoms with Crippen molar-refractivity contribution in [3.8, 4) is 0 Å². The second kappa shape index (κ2) is 11.2. The van der Waals surface area contributed by atoms with Gasteiger partial charge in [0.25, 0.3) is 5.69 Å². The summed E-state index contributed by atoms with van der Waals surface area (Å²) in [6, 6.07) is 20.7. The summed E-state index contributed by atoms with van der Waals surface area (Å²) >= 11 is 1.34. The molecule has 1 fully saturated rings. The van der Waals surface area contributed by atoms with E-state index in [2.05, 4.69) is 15.5 Å². The average Bonchev–Trinajstić information content (AvgIpc) is 3.27. The molecule has 1 aliphatic rings. The highest BCUT2D eigenvalue weighted by atomic mass is 32.2. The van der Waals surface area contributed by atoms with Gasteiger partial charge in [-0.3, -0.25) is 14.9 Å². The first-order valence-electron chi connectivity index (χ1n) is 12.4. The van der Waals surface area contributed by atoms with E-state index in [1.807, 2.05) is 24.3 Å². The monoisotopic (exact) mass is 518 g/mol. The zero-order chi connectivity index (χ0) is 25.8. The highest BCUT2D eigenvalue weighted by molar-refractivity contribution is 7.99. The zero-order valence-electron chi connectivity index (χ0n) is 20.3. The average molecular weight is 519 g/mol. The van der Waals surface area contributed by atoms with E-state index in [4.69, 9.17) is 4.98 Å². The number of nitro benzene ring substituents is 1. The Kier molecular flexibility index (Phi) is 7.62. The van der Waals surface area contributed by atoms with Crippen molar-refractivity contribution in [3.05, 3.63) is 94.3 Å². The molecule has 190 valence electrons. The topological polar surface area (TPSA) is 81.3 Å². The third-order valence-corrected chi connectivity index (χ3v) is 7.83. The van der Waals surface area contributed by atoms with E-state index in [1.165, 1.54) is 42.1 Å². The molecule has 0 atom stereocenters. The van der Waals surface area contributed by atoms with Crippen LogP contribution in [0, 0.1) is 15.9 Å². The fourth-order valence-electron chi connectivity index (χ4n) is 4.88. The van der Waals surface area contributed by atoms with Gasteiger partial charge in [0.15, 0.2) is 10.9 Å². The molecule has 5 rings (SSSR count). The quantitative estimate of drug-likeness (QED) is 0.142. The third kappa shape index (κ3) is 5.73. The Morgan fingerprint density at radius 2 is 1.73 bits per heavy atom. The summed E-state index contributed by atoms with van der Waals surface area (Å²) in [5, 5.41) is 12.3. The molecule has 0 saturated carbocycles. The summed E-state index contributed by atoms with van der Waals surface area (Å²) in [7, 11) is 0. The van der Waals surface area contributed by atoms with E-state index in [1.54, 1.807) is 12.1 Å². The lowest BCUT2D eigenvalue weighted by Crippen LogP contribution is -2.35. The lowest BCUT2D eigenvalue weighted by atomic mass is 10.0. The molecule has 3 aromatic carbocycles. The number of fused-ring (bicyclic) bond motifs is 1. The number of piperidine rings is 1. The Balaban J connectivity index is 1.25. The van der Waals surface area contributed by atoms with Crippen LogP contribution in [-0.4, -0.2) is 44.8 Å². The van der Waals surface area contributed by atoms with Crippen LogP contribution in [-0.2, 0) is 0 Å². The second-order valence-corrected chi connectivity index (χ2v) is 10.2.